The molecule has 82 valence electrons. The predicted molar refractivity (Wildman–Crippen MR) is 74.7 cm³/mol. The van der Waals surface area contributed by atoms with Crippen molar-refractivity contribution in [2.45, 2.75) is 11.3 Å². The van der Waals surface area contributed by atoms with Crippen molar-refractivity contribution < 1.29 is 0 Å². The van der Waals surface area contributed by atoms with Crippen LogP contribution in [0.2, 0.25) is 5.02 Å². The lowest BCUT2D eigenvalue weighted by Gasteiger charge is -2.05. The fourth-order valence-corrected chi connectivity index (χ4v) is 4.67. The molecule has 3 rings (SSSR count). The van der Waals surface area contributed by atoms with Gasteiger partial charge in [-0.3, -0.25) is 0 Å². The number of hydrogen-bond donors (Lipinski definition) is 0. The first-order valence-electron chi connectivity index (χ1n) is 4.81. The molecule has 5 heteroatoms. The minimum absolute atomic E-state index is 0.781. The Hall–Kier alpha value is -0.0300. The molecule has 16 heavy (non-hydrogen) atoms. The van der Waals surface area contributed by atoms with Crippen molar-refractivity contribution >= 4 is 50.6 Å². The van der Waals surface area contributed by atoms with Gasteiger partial charge in [0.15, 0.2) is 0 Å². The van der Waals surface area contributed by atoms with Crippen molar-refractivity contribution in [3.8, 4) is 10.6 Å². The summed E-state index contributed by atoms with van der Waals surface area (Å²) in [4.78, 5) is 7.06. The molecule has 0 N–H and O–H groups in total. The molecule has 0 spiro atoms. The number of halogens is 2. The van der Waals surface area contributed by atoms with Crippen molar-refractivity contribution in [1.82, 2.24) is 4.98 Å². The maximum absolute atomic E-state index is 6.14. The lowest BCUT2D eigenvalue weighted by molar-refractivity contribution is 1.03. The van der Waals surface area contributed by atoms with Crippen LogP contribution in [0.4, 0.5) is 0 Å². The summed E-state index contributed by atoms with van der Waals surface area (Å²) in [6.07, 6.45) is 1.06. The standard InChI is InChI=1S/C11H7BrClNS2/c12-6-5-9-8(2-4-15-9)14-10(6)11-7(13)1-3-16-11/h1,3,5H,2,4H2. The van der Waals surface area contributed by atoms with E-state index in [1.807, 2.05) is 23.2 Å². The SMILES string of the molecule is Clc1ccsc1-c1nc2c(cc1Br)SCC2. The number of hydrogen-bond acceptors (Lipinski definition) is 3. The Bertz CT molecular complexity index is 553. The molecule has 1 aliphatic heterocycles. The van der Waals surface area contributed by atoms with Gasteiger partial charge < -0.3 is 0 Å². The van der Waals surface area contributed by atoms with Gasteiger partial charge in [0.2, 0.25) is 0 Å². The average molecular weight is 333 g/mol. The molecule has 2 aromatic rings. The van der Waals surface area contributed by atoms with Gasteiger partial charge >= 0.3 is 0 Å². The first-order chi connectivity index (χ1) is 7.75. The van der Waals surface area contributed by atoms with E-state index in [-0.39, 0.29) is 0 Å². The summed E-state index contributed by atoms with van der Waals surface area (Å²) in [5.74, 6) is 1.14. The number of thiophene rings is 1. The molecule has 0 amide bonds. The average Bonchev–Trinajstić information content (AvgIpc) is 2.85. The number of fused-ring (bicyclic) bond motifs is 1. The zero-order chi connectivity index (χ0) is 11.1. The first-order valence-corrected chi connectivity index (χ1v) is 7.85. The van der Waals surface area contributed by atoms with Crippen molar-refractivity contribution in [3.05, 3.63) is 32.7 Å². The van der Waals surface area contributed by atoms with Crippen LogP contribution in [0.3, 0.4) is 0 Å². The highest BCUT2D eigenvalue weighted by Gasteiger charge is 2.18. The third kappa shape index (κ3) is 1.82. The largest absolute Gasteiger partial charge is 0.250 e. The lowest BCUT2D eigenvalue weighted by atomic mass is 10.2. The Morgan fingerprint density at radius 2 is 2.31 bits per heavy atom. The van der Waals surface area contributed by atoms with E-state index in [4.69, 9.17) is 16.6 Å². The van der Waals surface area contributed by atoms with Crippen molar-refractivity contribution in [2.75, 3.05) is 5.75 Å². The quantitative estimate of drug-likeness (QED) is 0.738. The zero-order valence-electron chi connectivity index (χ0n) is 8.17. The van der Waals surface area contributed by atoms with Crippen LogP contribution in [0.1, 0.15) is 5.69 Å². The van der Waals surface area contributed by atoms with Crippen LogP contribution in [0.25, 0.3) is 10.6 Å². The van der Waals surface area contributed by atoms with E-state index >= 15 is 0 Å². The van der Waals surface area contributed by atoms with E-state index in [0.717, 1.165) is 32.2 Å². The van der Waals surface area contributed by atoms with Crippen LogP contribution in [-0.4, -0.2) is 10.7 Å². The van der Waals surface area contributed by atoms with Gasteiger partial charge in [-0.1, -0.05) is 11.6 Å². The maximum atomic E-state index is 6.14. The minimum atomic E-state index is 0.781. The van der Waals surface area contributed by atoms with Gasteiger partial charge in [0.1, 0.15) is 0 Å². The smallest absolute Gasteiger partial charge is 0.0962 e. The monoisotopic (exact) mass is 331 g/mol. The molecular weight excluding hydrogens is 326 g/mol. The summed E-state index contributed by atoms with van der Waals surface area (Å²) in [6.45, 7) is 0. The highest BCUT2D eigenvalue weighted by Crippen LogP contribution is 2.40. The highest BCUT2D eigenvalue weighted by atomic mass is 79.9. The van der Waals surface area contributed by atoms with Gasteiger partial charge in [0.05, 0.1) is 21.3 Å². The summed E-state index contributed by atoms with van der Waals surface area (Å²) in [7, 11) is 0. The zero-order valence-corrected chi connectivity index (χ0v) is 12.1. The van der Waals surface area contributed by atoms with E-state index in [1.165, 1.54) is 10.6 Å². The normalized spacial score (nSPS) is 14.1. The second-order valence-corrected chi connectivity index (χ2v) is 6.77. The molecule has 0 unspecified atom stereocenters. The summed E-state index contributed by atoms with van der Waals surface area (Å²) >= 11 is 13.2. The maximum Gasteiger partial charge on any atom is 0.0962 e. The molecule has 0 bridgehead atoms. The van der Waals surface area contributed by atoms with E-state index in [1.54, 1.807) is 11.3 Å². The molecule has 1 nitrogen and oxygen atoms in total. The van der Waals surface area contributed by atoms with Crippen LogP contribution in [-0.2, 0) is 6.42 Å². The Morgan fingerprint density at radius 1 is 1.44 bits per heavy atom. The Kier molecular flexibility index (Phi) is 3.00. The van der Waals surface area contributed by atoms with Gasteiger partial charge in [0, 0.05) is 21.5 Å². The van der Waals surface area contributed by atoms with Gasteiger partial charge in [-0.25, -0.2) is 4.98 Å². The van der Waals surface area contributed by atoms with Crippen LogP contribution in [0.5, 0.6) is 0 Å². The Balaban J connectivity index is 2.18. The van der Waals surface area contributed by atoms with Gasteiger partial charge in [-0.05, 0) is 33.4 Å². The number of rotatable bonds is 1. The first kappa shape index (κ1) is 11.1. The molecule has 0 radical (unpaired) electrons. The molecular formula is C11H7BrClNS2. The van der Waals surface area contributed by atoms with Gasteiger partial charge in [-0.15, -0.1) is 23.1 Å². The van der Waals surface area contributed by atoms with Crippen molar-refractivity contribution in [2.24, 2.45) is 0 Å². The molecule has 2 aromatic heterocycles. The van der Waals surface area contributed by atoms with E-state index < -0.39 is 0 Å². The van der Waals surface area contributed by atoms with Crippen LogP contribution < -0.4 is 0 Å². The molecule has 0 atom stereocenters. The molecule has 0 fully saturated rings. The van der Waals surface area contributed by atoms with E-state index in [2.05, 4.69) is 22.0 Å². The Morgan fingerprint density at radius 3 is 3.06 bits per heavy atom. The number of aromatic nitrogens is 1. The van der Waals surface area contributed by atoms with E-state index in [9.17, 15) is 0 Å². The predicted octanol–water partition coefficient (Wildman–Crippen LogP) is 4.87. The minimum Gasteiger partial charge on any atom is -0.250 e. The van der Waals surface area contributed by atoms with Crippen LogP contribution in [0, 0.1) is 0 Å². The second-order valence-electron chi connectivity index (χ2n) is 3.46. The summed E-state index contributed by atoms with van der Waals surface area (Å²) < 4.78 is 1.03. The molecule has 0 saturated carbocycles. The highest BCUT2D eigenvalue weighted by molar-refractivity contribution is 9.10. The van der Waals surface area contributed by atoms with Crippen LogP contribution in [0.15, 0.2) is 26.9 Å². The van der Waals surface area contributed by atoms with Gasteiger partial charge in [-0.2, -0.15) is 0 Å². The van der Waals surface area contributed by atoms with Gasteiger partial charge in [0.25, 0.3) is 0 Å². The summed E-state index contributed by atoms with van der Waals surface area (Å²) in [5.41, 5.74) is 2.17. The number of thioether (sulfide) groups is 1. The summed E-state index contributed by atoms with van der Waals surface area (Å²) in [6, 6.07) is 4.07. The Labute approximate surface area is 115 Å². The molecule has 0 saturated heterocycles. The number of pyridine rings is 1. The topological polar surface area (TPSA) is 12.9 Å². The van der Waals surface area contributed by atoms with E-state index in [0.29, 0.717) is 0 Å². The fourth-order valence-electron chi connectivity index (χ4n) is 1.69. The van der Waals surface area contributed by atoms with Crippen molar-refractivity contribution in [1.29, 1.82) is 0 Å². The number of nitrogens with zero attached hydrogens (tertiary/aromatic N) is 1. The molecule has 0 aromatic carbocycles. The molecule has 0 aliphatic carbocycles. The third-order valence-corrected chi connectivity index (χ3v) is 5.47. The lowest BCUT2D eigenvalue weighted by Crippen LogP contribution is -1.91. The number of aryl methyl sites for hydroxylation is 1. The fraction of sp³-hybridized carbons (Fsp3) is 0.182. The molecule has 3 heterocycles. The summed E-state index contributed by atoms with van der Waals surface area (Å²) in [5, 5.41) is 2.78. The second kappa shape index (κ2) is 4.33. The van der Waals surface area contributed by atoms with Crippen molar-refractivity contribution in [3.63, 3.8) is 0 Å². The molecule has 1 aliphatic rings. The van der Waals surface area contributed by atoms with Crippen LogP contribution >= 0.6 is 50.6 Å². The third-order valence-electron chi connectivity index (χ3n) is 2.44.